The lowest BCUT2D eigenvalue weighted by molar-refractivity contribution is -0.135. The lowest BCUT2D eigenvalue weighted by Gasteiger charge is -2.31. The maximum absolute atomic E-state index is 12.4. The van der Waals surface area contributed by atoms with E-state index < -0.39 is 0 Å². The molecule has 2 aromatic rings. The quantitative estimate of drug-likeness (QED) is 0.852. The summed E-state index contributed by atoms with van der Waals surface area (Å²) in [6.45, 7) is 3.53. The Kier molecular flexibility index (Phi) is 6.41. The van der Waals surface area contributed by atoms with Crippen LogP contribution in [0.5, 0.6) is 5.75 Å². The lowest BCUT2D eigenvalue weighted by atomic mass is 9.95. The van der Waals surface area contributed by atoms with E-state index in [1.54, 1.807) is 6.20 Å². The summed E-state index contributed by atoms with van der Waals surface area (Å²) in [5.74, 6) is 1.32. The highest BCUT2D eigenvalue weighted by Gasteiger charge is 2.27. The molecule has 6 nitrogen and oxygen atoms in total. The molecule has 142 valence electrons. The second kappa shape index (κ2) is 9.16. The molecule has 0 radical (unpaired) electrons. The van der Waals surface area contributed by atoms with Crippen molar-refractivity contribution in [3.8, 4) is 5.75 Å². The van der Waals surface area contributed by atoms with Gasteiger partial charge in [-0.1, -0.05) is 18.2 Å². The molecule has 27 heavy (non-hydrogen) atoms. The van der Waals surface area contributed by atoms with Crippen LogP contribution in [-0.4, -0.2) is 41.4 Å². The Hall–Kier alpha value is -2.89. The molecule has 0 saturated carbocycles. The van der Waals surface area contributed by atoms with Crippen molar-refractivity contribution in [3.05, 3.63) is 54.2 Å². The number of aryl methyl sites for hydroxylation is 1. The molecule has 0 spiro atoms. The van der Waals surface area contributed by atoms with Gasteiger partial charge in [0.1, 0.15) is 11.6 Å². The van der Waals surface area contributed by atoms with Crippen molar-refractivity contribution in [3.63, 3.8) is 0 Å². The van der Waals surface area contributed by atoms with Gasteiger partial charge in [0, 0.05) is 25.2 Å². The first-order chi connectivity index (χ1) is 13.1. The van der Waals surface area contributed by atoms with Gasteiger partial charge in [-0.2, -0.15) is 0 Å². The predicted molar refractivity (Wildman–Crippen MR) is 103 cm³/mol. The zero-order valence-electron chi connectivity index (χ0n) is 15.6. The Bertz CT molecular complexity index is 771. The number of nitrogens with zero attached hydrogens (tertiary/aromatic N) is 2. The maximum atomic E-state index is 12.4. The predicted octanol–water partition coefficient (Wildman–Crippen LogP) is 3.04. The number of piperidine rings is 1. The van der Waals surface area contributed by atoms with E-state index in [9.17, 15) is 9.59 Å². The number of carbonyl (C=O) groups is 2. The zero-order chi connectivity index (χ0) is 19.1. The molecule has 1 aliphatic rings. The maximum Gasteiger partial charge on any atom is 0.228 e. The van der Waals surface area contributed by atoms with E-state index in [1.807, 2.05) is 54.3 Å². The first-order valence-electron chi connectivity index (χ1n) is 9.31. The fraction of sp³-hybridized carbons (Fsp3) is 0.381. The molecule has 1 saturated heterocycles. The van der Waals surface area contributed by atoms with E-state index in [4.69, 9.17) is 4.74 Å². The number of nitrogens with one attached hydrogen (secondary N) is 1. The van der Waals surface area contributed by atoms with E-state index in [2.05, 4.69) is 10.3 Å². The number of aromatic nitrogens is 1. The zero-order valence-corrected chi connectivity index (χ0v) is 15.6. The Balaban J connectivity index is 1.40. The van der Waals surface area contributed by atoms with Crippen LogP contribution in [0.3, 0.4) is 0 Å². The molecule has 0 unspecified atom stereocenters. The van der Waals surface area contributed by atoms with E-state index in [1.165, 1.54) is 0 Å². The molecule has 1 N–H and O–H groups in total. The average Bonchev–Trinajstić information content (AvgIpc) is 2.69. The van der Waals surface area contributed by atoms with Crippen LogP contribution in [0.15, 0.2) is 48.7 Å². The standard InChI is InChI=1S/C21H25N3O3/c1-16-7-11-22-19(15-16)23-21(26)17-8-12-24(13-9-17)20(25)10-14-27-18-5-3-2-4-6-18/h2-7,11,15,17H,8-10,12-14H2,1H3,(H,22,23,26). The smallest absolute Gasteiger partial charge is 0.228 e. The average molecular weight is 367 g/mol. The third-order valence-corrected chi connectivity index (χ3v) is 4.71. The number of hydrogen-bond acceptors (Lipinski definition) is 4. The Morgan fingerprint density at radius 3 is 2.63 bits per heavy atom. The van der Waals surface area contributed by atoms with Gasteiger partial charge in [-0.25, -0.2) is 4.98 Å². The van der Waals surface area contributed by atoms with Crippen LogP contribution in [0.4, 0.5) is 5.82 Å². The molecule has 2 heterocycles. The fourth-order valence-electron chi connectivity index (χ4n) is 3.15. The summed E-state index contributed by atoms with van der Waals surface area (Å²) in [4.78, 5) is 30.7. The molecule has 0 aliphatic carbocycles. The number of likely N-dealkylation sites (tertiary alicyclic amines) is 1. The van der Waals surface area contributed by atoms with Crippen molar-refractivity contribution in [2.24, 2.45) is 5.92 Å². The largest absolute Gasteiger partial charge is 0.493 e. The van der Waals surface area contributed by atoms with E-state index in [0.717, 1.165) is 11.3 Å². The van der Waals surface area contributed by atoms with Crippen LogP contribution in [0.2, 0.25) is 0 Å². The molecule has 0 bridgehead atoms. The summed E-state index contributed by atoms with van der Waals surface area (Å²) >= 11 is 0. The molecule has 1 aromatic heterocycles. The summed E-state index contributed by atoms with van der Waals surface area (Å²) in [5, 5.41) is 2.88. The summed E-state index contributed by atoms with van der Waals surface area (Å²) in [5.41, 5.74) is 1.05. The Morgan fingerprint density at radius 1 is 1.19 bits per heavy atom. The molecule has 1 aliphatic heterocycles. The number of rotatable bonds is 6. The minimum atomic E-state index is -0.0862. The van der Waals surface area contributed by atoms with Gasteiger partial charge in [-0.3, -0.25) is 9.59 Å². The van der Waals surface area contributed by atoms with Crippen molar-refractivity contribution < 1.29 is 14.3 Å². The second-order valence-corrected chi connectivity index (χ2v) is 6.77. The van der Waals surface area contributed by atoms with Gasteiger partial charge in [0.25, 0.3) is 0 Å². The van der Waals surface area contributed by atoms with Crippen LogP contribution in [0, 0.1) is 12.8 Å². The van der Waals surface area contributed by atoms with Crippen molar-refractivity contribution in [2.75, 3.05) is 25.0 Å². The molecule has 3 rings (SSSR count). The van der Waals surface area contributed by atoms with Crippen molar-refractivity contribution in [1.82, 2.24) is 9.88 Å². The van der Waals surface area contributed by atoms with Gasteiger partial charge in [-0.15, -0.1) is 0 Å². The monoisotopic (exact) mass is 367 g/mol. The molecule has 6 heteroatoms. The first kappa shape index (κ1) is 18.9. The van der Waals surface area contributed by atoms with Gasteiger partial charge in [-0.05, 0) is 49.6 Å². The van der Waals surface area contributed by atoms with Gasteiger partial charge in [0.05, 0.1) is 13.0 Å². The molecule has 1 fully saturated rings. The number of benzene rings is 1. The second-order valence-electron chi connectivity index (χ2n) is 6.77. The molecule has 0 atom stereocenters. The molecular weight excluding hydrogens is 342 g/mol. The van der Waals surface area contributed by atoms with Crippen molar-refractivity contribution >= 4 is 17.6 Å². The molecule has 2 amide bonds. The highest BCUT2D eigenvalue weighted by atomic mass is 16.5. The third-order valence-electron chi connectivity index (χ3n) is 4.71. The van der Waals surface area contributed by atoms with E-state index in [0.29, 0.717) is 44.8 Å². The van der Waals surface area contributed by atoms with Crippen LogP contribution in [0.1, 0.15) is 24.8 Å². The number of carbonyl (C=O) groups excluding carboxylic acids is 2. The summed E-state index contributed by atoms with van der Waals surface area (Å²) in [6.07, 6.45) is 3.37. The Morgan fingerprint density at radius 2 is 1.93 bits per heavy atom. The van der Waals surface area contributed by atoms with Crippen LogP contribution in [0.25, 0.3) is 0 Å². The minimum Gasteiger partial charge on any atom is -0.493 e. The summed E-state index contributed by atoms with van der Waals surface area (Å²) < 4.78 is 5.58. The number of ether oxygens (including phenoxy) is 1. The number of amides is 2. The molecule has 1 aromatic carbocycles. The molecular formula is C21H25N3O3. The topological polar surface area (TPSA) is 71.5 Å². The number of para-hydroxylation sites is 1. The van der Waals surface area contributed by atoms with Gasteiger partial charge < -0.3 is 15.0 Å². The van der Waals surface area contributed by atoms with Gasteiger partial charge >= 0.3 is 0 Å². The van der Waals surface area contributed by atoms with E-state index in [-0.39, 0.29) is 17.7 Å². The minimum absolute atomic E-state index is 0.0207. The number of anilines is 1. The highest BCUT2D eigenvalue weighted by molar-refractivity contribution is 5.92. The SMILES string of the molecule is Cc1ccnc(NC(=O)C2CCN(C(=O)CCOc3ccccc3)CC2)c1. The fourth-order valence-corrected chi connectivity index (χ4v) is 3.15. The van der Waals surface area contributed by atoms with Crippen molar-refractivity contribution in [1.29, 1.82) is 0 Å². The summed E-state index contributed by atoms with van der Waals surface area (Å²) in [7, 11) is 0. The van der Waals surface area contributed by atoms with E-state index >= 15 is 0 Å². The van der Waals surface area contributed by atoms with Crippen LogP contribution in [-0.2, 0) is 9.59 Å². The number of hydrogen-bond donors (Lipinski definition) is 1. The summed E-state index contributed by atoms with van der Waals surface area (Å²) in [6, 6.07) is 13.2. The van der Waals surface area contributed by atoms with Gasteiger partial charge in [0.15, 0.2) is 0 Å². The highest BCUT2D eigenvalue weighted by Crippen LogP contribution is 2.20. The van der Waals surface area contributed by atoms with Crippen molar-refractivity contribution in [2.45, 2.75) is 26.2 Å². The van der Waals surface area contributed by atoms with Crippen LogP contribution >= 0.6 is 0 Å². The van der Waals surface area contributed by atoms with Gasteiger partial charge in [0.2, 0.25) is 11.8 Å². The normalized spacial score (nSPS) is 14.6. The lowest BCUT2D eigenvalue weighted by Crippen LogP contribution is -2.41. The third kappa shape index (κ3) is 5.54. The number of pyridine rings is 1. The van der Waals surface area contributed by atoms with Crippen LogP contribution < -0.4 is 10.1 Å². The Labute approximate surface area is 159 Å². The first-order valence-corrected chi connectivity index (χ1v) is 9.31.